The van der Waals surface area contributed by atoms with Crippen LogP contribution >= 0.6 is 0 Å². The minimum Gasteiger partial charge on any atom is -0.369 e. The van der Waals surface area contributed by atoms with Gasteiger partial charge in [0.25, 0.3) is 5.69 Å². The molecule has 1 atom stereocenters. The van der Waals surface area contributed by atoms with E-state index in [9.17, 15) is 14.3 Å². The third-order valence-corrected chi connectivity index (χ3v) is 3.52. The van der Waals surface area contributed by atoms with Gasteiger partial charge in [0.05, 0.1) is 4.92 Å². The van der Waals surface area contributed by atoms with Gasteiger partial charge >= 0.3 is 0 Å². The van der Waals surface area contributed by atoms with Gasteiger partial charge < -0.3 is 5.32 Å². The molecule has 1 aromatic rings. The van der Waals surface area contributed by atoms with Crippen LogP contribution in [0.4, 0.5) is 11.5 Å². The SMILES string of the molecule is CCS(=O)CCNc1ccc([N+](=O)[O-])c(C)n1. The molecule has 1 N–H and O–H groups in total. The third kappa shape index (κ3) is 4.10. The molecule has 1 heterocycles. The minimum atomic E-state index is -0.816. The first-order valence-electron chi connectivity index (χ1n) is 5.25. The van der Waals surface area contributed by atoms with Crippen molar-refractivity contribution < 1.29 is 9.13 Å². The molecule has 0 radical (unpaired) electrons. The van der Waals surface area contributed by atoms with Gasteiger partial charge in [-0.3, -0.25) is 14.3 Å². The van der Waals surface area contributed by atoms with E-state index in [4.69, 9.17) is 0 Å². The second-order valence-corrected chi connectivity index (χ2v) is 5.28. The lowest BCUT2D eigenvalue weighted by molar-refractivity contribution is -0.385. The van der Waals surface area contributed by atoms with E-state index in [2.05, 4.69) is 10.3 Å². The van der Waals surface area contributed by atoms with Crippen molar-refractivity contribution in [1.29, 1.82) is 0 Å². The number of pyridine rings is 1. The number of anilines is 1. The van der Waals surface area contributed by atoms with E-state index in [1.54, 1.807) is 13.0 Å². The Balaban J connectivity index is 2.59. The summed E-state index contributed by atoms with van der Waals surface area (Å²) >= 11 is 0. The maximum Gasteiger partial charge on any atom is 0.290 e. The lowest BCUT2D eigenvalue weighted by Crippen LogP contribution is -2.13. The van der Waals surface area contributed by atoms with Gasteiger partial charge in [-0.1, -0.05) is 6.92 Å². The molecular formula is C10H15N3O3S. The quantitative estimate of drug-likeness (QED) is 0.616. The molecule has 17 heavy (non-hydrogen) atoms. The van der Waals surface area contributed by atoms with Crippen molar-refractivity contribution in [2.24, 2.45) is 0 Å². The number of hydrogen-bond donors (Lipinski definition) is 1. The Bertz CT molecular complexity index is 437. The van der Waals surface area contributed by atoms with Gasteiger partial charge in [0, 0.05) is 34.9 Å². The number of rotatable bonds is 6. The Hall–Kier alpha value is -1.50. The van der Waals surface area contributed by atoms with E-state index in [1.165, 1.54) is 6.07 Å². The molecule has 0 fully saturated rings. The van der Waals surface area contributed by atoms with Crippen molar-refractivity contribution in [3.8, 4) is 0 Å². The first-order valence-corrected chi connectivity index (χ1v) is 6.74. The summed E-state index contributed by atoms with van der Waals surface area (Å²) in [5.74, 6) is 1.75. The van der Waals surface area contributed by atoms with E-state index < -0.39 is 15.7 Å². The van der Waals surface area contributed by atoms with Crippen molar-refractivity contribution in [3.63, 3.8) is 0 Å². The number of aryl methyl sites for hydroxylation is 1. The van der Waals surface area contributed by atoms with E-state index >= 15 is 0 Å². The summed E-state index contributed by atoms with van der Waals surface area (Å²) in [6, 6.07) is 2.97. The van der Waals surface area contributed by atoms with Crippen LogP contribution in [0.2, 0.25) is 0 Å². The van der Waals surface area contributed by atoms with Crippen molar-refractivity contribution in [2.75, 3.05) is 23.4 Å². The molecule has 94 valence electrons. The van der Waals surface area contributed by atoms with Crippen molar-refractivity contribution in [2.45, 2.75) is 13.8 Å². The summed E-state index contributed by atoms with van der Waals surface area (Å²) in [5.41, 5.74) is 0.379. The molecule has 0 saturated carbocycles. The highest BCUT2D eigenvalue weighted by Crippen LogP contribution is 2.17. The Kier molecular flexibility index (Phi) is 5.02. The molecule has 0 aromatic carbocycles. The Morgan fingerprint density at radius 3 is 2.76 bits per heavy atom. The molecule has 6 nitrogen and oxygen atoms in total. The van der Waals surface area contributed by atoms with Gasteiger partial charge in [0.15, 0.2) is 0 Å². The molecule has 1 unspecified atom stereocenters. The van der Waals surface area contributed by atoms with Crippen molar-refractivity contribution >= 4 is 22.3 Å². The van der Waals surface area contributed by atoms with Crippen LogP contribution in [0.25, 0.3) is 0 Å². The molecule has 1 rings (SSSR count). The molecule has 0 spiro atoms. The normalized spacial score (nSPS) is 12.1. The highest BCUT2D eigenvalue weighted by Gasteiger charge is 2.11. The van der Waals surface area contributed by atoms with Crippen LogP contribution in [0.15, 0.2) is 12.1 Å². The lowest BCUT2D eigenvalue weighted by Gasteiger charge is -2.05. The summed E-state index contributed by atoms with van der Waals surface area (Å²) in [6.07, 6.45) is 0. The van der Waals surface area contributed by atoms with E-state index in [0.717, 1.165) is 0 Å². The first kappa shape index (κ1) is 13.6. The fourth-order valence-electron chi connectivity index (χ4n) is 1.28. The van der Waals surface area contributed by atoms with E-state index in [0.29, 0.717) is 29.6 Å². The second-order valence-electron chi connectivity index (χ2n) is 3.42. The van der Waals surface area contributed by atoms with Gasteiger partial charge in [0.1, 0.15) is 11.5 Å². The van der Waals surface area contributed by atoms with E-state index in [-0.39, 0.29) is 5.69 Å². The van der Waals surface area contributed by atoms with Crippen LogP contribution in [0, 0.1) is 17.0 Å². The Labute approximate surface area is 102 Å². The van der Waals surface area contributed by atoms with Crippen LogP contribution in [-0.4, -0.2) is 32.2 Å². The number of nitro groups is 1. The fraction of sp³-hybridized carbons (Fsp3) is 0.500. The number of hydrogen-bond acceptors (Lipinski definition) is 5. The van der Waals surface area contributed by atoms with Crippen LogP contribution < -0.4 is 5.32 Å². The topological polar surface area (TPSA) is 85.1 Å². The largest absolute Gasteiger partial charge is 0.369 e. The van der Waals surface area contributed by atoms with Crippen LogP contribution in [0.3, 0.4) is 0 Å². The zero-order valence-corrected chi connectivity index (χ0v) is 10.6. The Morgan fingerprint density at radius 2 is 2.24 bits per heavy atom. The maximum atomic E-state index is 11.2. The smallest absolute Gasteiger partial charge is 0.290 e. The molecular weight excluding hydrogens is 242 g/mol. The highest BCUT2D eigenvalue weighted by atomic mass is 32.2. The first-order chi connectivity index (χ1) is 8.04. The van der Waals surface area contributed by atoms with Crippen molar-refractivity contribution in [1.82, 2.24) is 4.98 Å². The predicted molar refractivity (Wildman–Crippen MR) is 67.7 cm³/mol. The zero-order valence-electron chi connectivity index (χ0n) is 9.80. The molecule has 0 saturated heterocycles. The predicted octanol–water partition coefficient (Wildman–Crippen LogP) is 1.48. The molecule has 7 heteroatoms. The average molecular weight is 257 g/mol. The van der Waals surface area contributed by atoms with Crippen LogP contribution in [0.1, 0.15) is 12.6 Å². The lowest BCUT2D eigenvalue weighted by atomic mass is 10.3. The van der Waals surface area contributed by atoms with Gasteiger partial charge in [-0.2, -0.15) is 0 Å². The number of nitrogens with zero attached hydrogens (tertiary/aromatic N) is 2. The molecule has 0 amide bonds. The van der Waals surface area contributed by atoms with Crippen LogP contribution in [0.5, 0.6) is 0 Å². The standard InChI is InChI=1S/C10H15N3O3S/c1-3-17(16)7-6-11-10-5-4-9(13(14)15)8(2)12-10/h4-5H,3,6-7H2,1-2H3,(H,11,12). The summed E-state index contributed by atoms with van der Waals surface area (Å²) in [5, 5.41) is 13.6. The zero-order chi connectivity index (χ0) is 12.8. The summed E-state index contributed by atoms with van der Waals surface area (Å²) in [7, 11) is -0.816. The summed E-state index contributed by atoms with van der Waals surface area (Å²) in [6.45, 7) is 4.00. The monoisotopic (exact) mass is 257 g/mol. The second kappa shape index (κ2) is 6.29. The van der Waals surface area contributed by atoms with Crippen molar-refractivity contribution in [3.05, 3.63) is 27.9 Å². The summed E-state index contributed by atoms with van der Waals surface area (Å²) in [4.78, 5) is 14.2. The maximum absolute atomic E-state index is 11.2. The molecule has 0 aliphatic heterocycles. The third-order valence-electron chi connectivity index (χ3n) is 2.21. The Morgan fingerprint density at radius 1 is 1.53 bits per heavy atom. The molecule has 0 bridgehead atoms. The minimum absolute atomic E-state index is 0.00712. The fourth-order valence-corrected chi connectivity index (χ4v) is 1.90. The van der Waals surface area contributed by atoms with E-state index in [1.807, 2.05) is 6.92 Å². The number of aromatic nitrogens is 1. The van der Waals surface area contributed by atoms with Gasteiger partial charge in [0.2, 0.25) is 0 Å². The molecule has 0 aliphatic carbocycles. The van der Waals surface area contributed by atoms with Crippen LogP contribution in [-0.2, 0) is 10.8 Å². The summed E-state index contributed by atoms with van der Waals surface area (Å²) < 4.78 is 11.2. The van der Waals surface area contributed by atoms with Gasteiger partial charge in [-0.05, 0) is 13.0 Å². The number of nitrogens with one attached hydrogen (secondary N) is 1. The van der Waals surface area contributed by atoms with Gasteiger partial charge in [-0.25, -0.2) is 4.98 Å². The van der Waals surface area contributed by atoms with Gasteiger partial charge in [-0.15, -0.1) is 0 Å². The average Bonchev–Trinajstić information content (AvgIpc) is 2.28. The molecule has 0 aliphatic rings. The molecule has 1 aromatic heterocycles. The highest BCUT2D eigenvalue weighted by molar-refractivity contribution is 7.84.